The van der Waals surface area contributed by atoms with Crippen LogP contribution in [0.3, 0.4) is 0 Å². The van der Waals surface area contributed by atoms with Gasteiger partial charge in [-0.15, -0.1) is 0 Å². The minimum absolute atomic E-state index is 0.303. The minimum Gasteiger partial charge on any atom is -0.443 e. The molecule has 0 atom stereocenters. The first-order valence-corrected chi connectivity index (χ1v) is 6.02. The first-order valence-electron chi connectivity index (χ1n) is 6.02. The van der Waals surface area contributed by atoms with Crippen LogP contribution in [0, 0.1) is 5.82 Å². The lowest BCUT2D eigenvalue weighted by Gasteiger charge is -2.19. The molecule has 3 nitrogen and oxygen atoms in total. The second kappa shape index (κ2) is 4.88. The van der Waals surface area contributed by atoms with E-state index in [1.54, 1.807) is 30.6 Å². The summed E-state index contributed by atoms with van der Waals surface area (Å²) in [5.41, 5.74) is 0.952. The molecule has 0 amide bonds. The Bertz CT molecular complexity index is 596. The molecule has 1 aromatic heterocycles. The molecule has 0 N–H and O–H groups in total. The fourth-order valence-electron chi connectivity index (χ4n) is 1.66. The lowest BCUT2D eigenvalue weighted by molar-refractivity contribution is 0.0537. The maximum atomic E-state index is 13.1. The van der Waals surface area contributed by atoms with Gasteiger partial charge in [0.25, 0.3) is 0 Å². The second-order valence-corrected chi connectivity index (χ2v) is 5.30. The summed E-state index contributed by atoms with van der Waals surface area (Å²) in [5.74, 6) is -0.303. The molecule has 19 heavy (non-hydrogen) atoms. The van der Waals surface area contributed by atoms with Crippen LogP contribution in [-0.2, 0) is 4.74 Å². The number of nitrogens with zero attached hydrogens (tertiary/aromatic N) is 1. The monoisotopic (exact) mass is 261 g/mol. The molecule has 0 radical (unpaired) electrons. The van der Waals surface area contributed by atoms with E-state index in [0.29, 0.717) is 0 Å². The van der Waals surface area contributed by atoms with Gasteiger partial charge in [0.05, 0.1) is 0 Å². The van der Waals surface area contributed by atoms with Gasteiger partial charge in [0.15, 0.2) is 0 Å². The first-order chi connectivity index (χ1) is 8.85. The summed E-state index contributed by atoms with van der Waals surface area (Å²) in [6, 6.07) is 7.98. The molecule has 1 heterocycles. The van der Waals surface area contributed by atoms with E-state index in [1.165, 1.54) is 16.7 Å². The maximum absolute atomic E-state index is 13.1. The highest BCUT2D eigenvalue weighted by atomic mass is 19.1. The minimum atomic E-state index is -0.541. The molecule has 0 bridgehead atoms. The van der Waals surface area contributed by atoms with Crippen LogP contribution in [0.1, 0.15) is 20.8 Å². The van der Waals surface area contributed by atoms with Crippen LogP contribution in [0.25, 0.3) is 11.1 Å². The molecule has 0 spiro atoms. The Morgan fingerprint density at radius 3 is 2.58 bits per heavy atom. The number of rotatable bonds is 1. The van der Waals surface area contributed by atoms with Crippen molar-refractivity contribution in [2.75, 3.05) is 0 Å². The summed E-state index contributed by atoms with van der Waals surface area (Å²) in [4.78, 5) is 11.8. The summed E-state index contributed by atoms with van der Waals surface area (Å²) in [6.45, 7) is 5.42. The molecule has 0 aliphatic rings. The topological polar surface area (TPSA) is 31.2 Å². The molecule has 100 valence electrons. The van der Waals surface area contributed by atoms with Crippen LogP contribution in [0.5, 0.6) is 0 Å². The van der Waals surface area contributed by atoms with Gasteiger partial charge in [0.2, 0.25) is 0 Å². The zero-order valence-corrected chi connectivity index (χ0v) is 11.2. The average Bonchev–Trinajstić information content (AvgIpc) is 2.75. The van der Waals surface area contributed by atoms with Crippen molar-refractivity contribution in [2.45, 2.75) is 26.4 Å². The largest absolute Gasteiger partial charge is 0.443 e. The average molecular weight is 261 g/mol. The molecular formula is C15H16FNO2. The summed E-state index contributed by atoms with van der Waals surface area (Å²) < 4.78 is 19.7. The predicted octanol–water partition coefficient (Wildman–Crippen LogP) is 4.08. The molecule has 4 heteroatoms. The number of ether oxygens (including phenoxy) is 1. The Kier molecular flexibility index (Phi) is 3.42. The van der Waals surface area contributed by atoms with Gasteiger partial charge in [-0.25, -0.2) is 9.18 Å². The molecule has 0 aliphatic carbocycles. The van der Waals surface area contributed by atoms with Crippen LogP contribution in [-0.4, -0.2) is 16.3 Å². The third-order valence-electron chi connectivity index (χ3n) is 2.46. The van der Waals surface area contributed by atoms with Gasteiger partial charge in [-0.1, -0.05) is 12.1 Å². The van der Waals surface area contributed by atoms with E-state index in [1.807, 2.05) is 20.8 Å². The molecule has 2 aromatic rings. The van der Waals surface area contributed by atoms with Crippen molar-refractivity contribution in [3.63, 3.8) is 0 Å². The highest BCUT2D eigenvalue weighted by Crippen LogP contribution is 2.21. The molecule has 0 unspecified atom stereocenters. The molecule has 1 aromatic carbocycles. The quantitative estimate of drug-likeness (QED) is 0.774. The lowest BCUT2D eigenvalue weighted by atomic mass is 10.1. The fraction of sp³-hybridized carbons (Fsp3) is 0.267. The van der Waals surface area contributed by atoms with Crippen molar-refractivity contribution in [3.8, 4) is 11.1 Å². The second-order valence-electron chi connectivity index (χ2n) is 5.30. The molecule has 0 aliphatic heterocycles. The van der Waals surface area contributed by atoms with E-state index in [4.69, 9.17) is 4.74 Å². The summed E-state index contributed by atoms with van der Waals surface area (Å²) >= 11 is 0. The molecule has 0 fully saturated rings. The number of carbonyl (C=O) groups excluding carboxylic acids is 1. The Morgan fingerprint density at radius 1 is 1.21 bits per heavy atom. The van der Waals surface area contributed by atoms with Crippen LogP contribution in [0.15, 0.2) is 42.7 Å². The van der Waals surface area contributed by atoms with Gasteiger partial charge in [-0.3, -0.25) is 4.57 Å². The van der Waals surface area contributed by atoms with Gasteiger partial charge >= 0.3 is 6.09 Å². The fourth-order valence-corrected chi connectivity index (χ4v) is 1.66. The zero-order valence-electron chi connectivity index (χ0n) is 11.2. The SMILES string of the molecule is CC(C)(C)OC(=O)n1ccc(-c2cccc(F)c2)c1. The van der Waals surface area contributed by atoms with Gasteiger partial charge in [-0.05, 0) is 44.5 Å². The van der Waals surface area contributed by atoms with Crippen molar-refractivity contribution in [1.82, 2.24) is 4.57 Å². The zero-order chi connectivity index (χ0) is 14.0. The predicted molar refractivity (Wildman–Crippen MR) is 71.5 cm³/mol. The Balaban J connectivity index is 2.22. The molecule has 2 rings (SSSR count). The Hall–Kier alpha value is -2.10. The highest BCUT2D eigenvalue weighted by Gasteiger charge is 2.17. The summed E-state index contributed by atoms with van der Waals surface area (Å²) in [6.07, 6.45) is 2.78. The number of carbonyl (C=O) groups is 1. The van der Waals surface area contributed by atoms with Crippen LogP contribution >= 0.6 is 0 Å². The number of halogens is 1. The first kappa shape index (κ1) is 13.3. The van der Waals surface area contributed by atoms with Gasteiger partial charge in [0.1, 0.15) is 11.4 Å². The van der Waals surface area contributed by atoms with Crippen LogP contribution < -0.4 is 0 Å². The number of benzene rings is 1. The van der Waals surface area contributed by atoms with E-state index in [2.05, 4.69) is 0 Å². The number of aromatic nitrogens is 1. The lowest BCUT2D eigenvalue weighted by Crippen LogP contribution is -2.26. The van der Waals surface area contributed by atoms with Gasteiger partial charge in [-0.2, -0.15) is 0 Å². The summed E-state index contributed by atoms with van der Waals surface area (Å²) in [7, 11) is 0. The molecule has 0 saturated heterocycles. The van der Waals surface area contributed by atoms with Crippen LogP contribution in [0.2, 0.25) is 0 Å². The van der Waals surface area contributed by atoms with Crippen molar-refractivity contribution in [1.29, 1.82) is 0 Å². The van der Waals surface area contributed by atoms with Gasteiger partial charge in [0, 0.05) is 18.0 Å². The van der Waals surface area contributed by atoms with Gasteiger partial charge < -0.3 is 4.74 Å². The molecular weight excluding hydrogens is 245 g/mol. The Labute approximate surface area is 111 Å². The van der Waals surface area contributed by atoms with E-state index < -0.39 is 11.7 Å². The Morgan fingerprint density at radius 2 is 1.95 bits per heavy atom. The third-order valence-corrected chi connectivity index (χ3v) is 2.46. The van der Waals surface area contributed by atoms with Crippen molar-refractivity contribution in [2.24, 2.45) is 0 Å². The van der Waals surface area contributed by atoms with Crippen molar-refractivity contribution >= 4 is 6.09 Å². The van der Waals surface area contributed by atoms with E-state index in [9.17, 15) is 9.18 Å². The van der Waals surface area contributed by atoms with E-state index in [-0.39, 0.29) is 5.82 Å². The number of hydrogen-bond acceptors (Lipinski definition) is 2. The molecule has 0 saturated carbocycles. The summed E-state index contributed by atoms with van der Waals surface area (Å²) in [5, 5.41) is 0. The number of hydrogen-bond donors (Lipinski definition) is 0. The normalized spacial score (nSPS) is 11.4. The standard InChI is InChI=1S/C15H16FNO2/c1-15(2,3)19-14(18)17-8-7-12(10-17)11-5-4-6-13(16)9-11/h4-10H,1-3H3. The van der Waals surface area contributed by atoms with Crippen molar-refractivity contribution < 1.29 is 13.9 Å². The smallest absolute Gasteiger partial charge is 0.418 e. The third kappa shape index (κ3) is 3.44. The maximum Gasteiger partial charge on any atom is 0.418 e. The van der Waals surface area contributed by atoms with E-state index >= 15 is 0 Å². The highest BCUT2D eigenvalue weighted by molar-refractivity contribution is 5.74. The van der Waals surface area contributed by atoms with Crippen LogP contribution in [0.4, 0.5) is 9.18 Å². The van der Waals surface area contributed by atoms with Crippen molar-refractivity contribution in [3.05, 3.63) is 48.5 Å². The van der Waals surface area contributed by atoms with E-state index in [0.717, 1.165) is 11.1 Å².